The number of carbonyl (C=O) groups excluding carboxylic acids is 1. The average Bonchev–Trinajstić information content (AvgIpc) is 1.59. The lowest BCUT2D eigenvalue weighted by atomic mass is 10.2. The van der Waals surface area contributed by atoms with E-state index in [9.17, 15) is 4.79 Å². The predicted molar refractivity (Wildman–Crippen MR) is 36.2 cm³/mol. The van der Waals surface area contributed by atoms with Crippen LogP contribution in [0.1, 0.15) is 6.42 Å². The van der Waals surface area contributed by atoms with E-state index in [1.807, 2.05) is 0 Å². The van der Waals surface area contributed by atoms with Gasteiger partial charge in [-0.2, -0.15) is 12.6 Å². The van der Waals surface area contributed by atoms with E-state index < -0.39 is 0 Å². The third kappa shape index (κ3) is 1.64. The molecule has 0 aromatic rings. The van der Waals surface area contributed by atoms with Gasteiger partial charge in [0.15, 0.2) is 0 Å². The molecule has 1 rings (SSSR count). The maximum absolute atomic E-state index is 10.5. The van der Waals surface area contributed by atoms with Crippen LogP contribution in [0.4, 0.5) is 0 Å². The molecule has 1 aliphatic rings. The second-order valence-corrected chi connectivity index (χ2v) is 2.49. The maximum Gasteiger partial charge on any atom is 0.248 e. The Morgan fingerprint density at radius 3 is 3.00 bits per heavy atom. The first-order valence-corrected chi connectivity index (χ1v) is 3.08. The molecule has 9 heavy (non-hydrogen) atoms. The van der Waals surface area contributed by atoms with Crippen LogP contribution in [0.3, 0.4) is 0 Å². The van der Waals surface area contributed by atoms with Crippen molar-refractivity contribution in [3.63, 3.8) is 0 Å². The summed E-state index contributed by atoms with van der Waals surface area (Å²) in [5.74, 6) is -0.183. The summed E-state index contributed by atoms with van der Waals surface area (Å²) in [7, 11) is 0. The topological polar surface area (TPSA) is 49.3 Å². The fraction of sp³-hybridized carbons (Fsp3) is 0.400. The number of hydrogen-bond donors (Lipinski definition) is 3. The minimum absolute atomic E-state index is 0.0961. The summed E-state index contributed by atoms with van der Waals surface area (Å²) in [5, 5.41) is 11.1. The summed E-state index contributed by atoms with van der Waals surface area (Å²) in [6.45, 7) is 0. The number of aliphatic hydroxyl groups excluding tert-OH is 1. The Hall–Kier alpha value is -0.640. The molecule has 50 valence electrons. The van der Waals surface area contributed by atoms with E-state index in [-0.39, 0.29) is 17.0 Å². The van der Waals surface area contributed by atoms with Crippen molar-refractivity contribution in [2.24, 2.45) is 0 Å². The van der Waals surface area contributed by atoms with Crippen LogP contribution in [0, 0.1) is 0 Å². The molecule has 0 bridgehead atoms. The van der Waals surface area contributed by atoms with Crippen molar-refractivity contribution in [1.82, 2.24) is 5.32 Å². The minimum Gasteiger partial charge on any atom is -0.512 e. The van der Waals surface area contributed by atoms with Crippen LogP contribution in [0.25, 0.3) is 0 Å². The van der Waals surface area contributed by atoms with Crippen LogP contribution in [-0.2, 0) is 4.79 Å². The van der Waals surface area contributed by atoms with Gasteiger partial charge in [0.25, 0.3) is 0 Å². The zero-order valence-corrected chi connectivity index (χ0v) is 5.56. The van der Waals surface area contributed by atoms with Gasteiger partial charge in [-0.3, -0.25) is 4.79 Å². The summed E-state index contributed by atoms with van der Waals surface area (Å²) in [5.41, 5.74) is 0. The third-order valence-corrected chi connectivity index (χ3v) is 1.32. The molecule has 1 atom stereocenters. The Bertz CT molecular complexity index is 166. The second kappa shape index (κ2) is 2.31. The summed E-state index contributed by atoms with van der Waals surface area (Å²) in [6, 6.07) is 0. The van der Waals surface area contributed by atoms with Gasteiger partial charge in [-0.1, -0.05) is 0 Å². The Morgan fingerprint density at radius 1 is 1.89 bits per heavy atom. The molecule has 0 fully saturated rings. The minimum atomic E-state index is -0.279. The number of rotatable bonds is 0. The zero-order valence-electron chi connectivity index (χ0n) is 4.66. The molecule has 1 heterocycles. The second-order valence-electron chi connectivity index (χ2n) is 1.86. The molecule has 1 aliphatic heterocycles. The number of amides is 1. The van der Waals surface area contributed by atoms with Crippen LogP contribution in [0.2, 0.25) is 0 Å². The summed E-state index contributed by atoms with van der Waals surface area (Å²) in [6.07, 6.45) is 1.57. The van der Waals surface area contributed by atoms with Gasteiger partial charge >= 0.3 is 0 Å². The van der Waals surface area contributed by atoms with Crippen molar-refractivity contribution in [2.45, 2.75) is 11.8 Å². The standard InChI is InChI=1S/C5H7NO2S/c7-3-1-4(8)6-5(9)2-3/h1,5,7,9H,2H2,(H,6,8). The molecular weight excluding hydrogens is 138 g/mol. The van der Waals surface area contributed by atoms with Crippen LogP contribution < -0.4 is 5.32 Å². The molecule has 1 amide bonds. The number of carbonyl (C=O) groups is 1. The highest BCUT2D eigenvalue weighted by Gasteiger charge is 2.14. The van der Waals surface area contributed by atoms with Gasteiger partial charge in [0.1, 0.15) is 5.76 Å². The highest BCUT2D eigenvalue weighted by Crippen LogP contribution is 2.09. The van der Waals surface area contributed by atoms with Crippen molar-refractivity contribution < 1.29 is 9.90 Å². The summed E-state index contributed by atoms with van der Waals surface area (Å²) < 4.78 is 0. The SMILES string of the molecule is O=C1C=C(O)CC(S)N1. The molecule has 0 aromatic carbocycles. The van der Waals surface area contributed by atoms with E-state index in [0.29, 0.717) is 6.42 Å². The smallest absolute Gasteiger partial charge is 0.248 e. The van der Waals surface area contributed by atoms with Gasteiger partial charge in [-0.15, -0.1) is 0 Å². The summed E-state index contributed by atoms with van der Waals surface area (Å²) >= 11 is 3.95. The molecular formula is C5H7NO2S. The molecule has 0 aromatic heterocycles. The van der Waals surface area contributed by atoms with E-state index in [2.05, 4.69) is 17.9 Å². The Balaban J connectivity index is 2.67. The highest BCUT2D eigenvalue weighted by atomic mass is 32.1. The highest BCUT2D eigenvalue weighted by molar-refractivity contribution is 7.80. The first-order valence-electron chi connectivity index (χ1n) is 2.56. The maximum atomic E-state index is 10.5. The zero-order chi connectivity index (χ0) is 6.85. The number of nitrogens with one attached hydrogen (secondary N) is 1. The Kier molecular flexibility index (Phi) is 1.66. The van der Waals surface area contributed by atoms with Crippen LogP contribution in [-0.4, -0.2) is 16.4 Å². The Morgan fingerprint density at radius 2 is 2.56 bits per heavy atom. The fourth-order valence-corrected chi connectivity index (χ4v) is 0.980. The quantitative estimate of drug-likeness (QED) is 0.426. The largest absolute Gasteiger partial charge is 0.512 e. The molecule has 1 unspecified atom stereocenters. The van der Waals surface area contributed by atoms with Gasteiger partial charge in [0.2, 0.25) is 5.91 Å². The third-order valence-electron chi connectivity index (χ3n) is 1.01. The summed E-state index contributed by atoms with van der Waals surface area (Å²) in [4.78, 5) is 10.5. The van der Waals surface area contributed by atoms with Crippen LogP contribution in [0.5, 0.6) is 0 Å². The molecule has 4 heteroatoms. The van der Waals surface area contributed by atoms with Gasteiger partial charge in [0, 0.05) is 12.5 Å². The molecule has 0 aliphatic carbocycles. The lowest BCUT2D eigenvalue weighted by Gasteiger charge is -2.15. The van der Waals surface area contributed by atoms with Crippen molar-refractivity contribution in [3.8, 4) is 0 Å². The molecule has 2 N–H and O–H groups in total. The molecule has 0 radical (unpaired) electrons. The fourth-order valence-electron chi connectivity index (χ4n) is 0.665. The predicted octanol–water partition coefficient (Wildman–Crippen LogP) is 0.204. The van der Waals surface area contributed by atoms with Gasteiger partial charge in [-0.25, -0.2) is 0 Å². The Labute approximate surface area is 58.2 Å². The lowest BCUT2D eigenvalue weighted by Crippen LogP contribution is -2.33. The van der Waals surface area contributed by atoms with Gasteiger partial charge in [-0.05, 0) is 0 Å². The van der Waals surface area contributed by atoms with Gasteiger partial charge < -0.3 is 10.4 Å². The van der Waals surface area contributed by atoms with E-state index in [0.717, 1.165) is 6.08 Å². The first kappa shape index (κ1) is 6.48. The lowest BCUT2D eigenvalue weighted by molar-refractivity contribution is -0.117. The van der Waals surface area contributed by atoms with E-state index in [4.69, 9.17) is 5.11 Å². The van der Waals surface area contributed by atoms with Crippen molar-refractivity contribution in [1.29, 1.82) is 0 Å². The first-order chi connectivity index (χ1) is 4.18. The number of aliphatic hydroxyl groups is 1. The average molecular weight is 145 g/mol. The van der Waals surface area contributed by atoms with Crippen molar-refractivity contribution >= 4 is 18.5 Å². The molecule has 0 spiro atoms. The van der Waals surface area contributed by atoms with Crippen molar-refractivity contribution in [2.75, 3.05) is 0 Å². The molecule has 0 saturated carbocycles. The van der Waals surface area contributed by atoms with E-state index in [1.54, 1.807) is 0 Å². The van der Waals surface area contributed by atoms with Crippen LogP contribution in [0.15, 0.2) is 11.8 Å². The molecule has 3 nitrogen and oxygen atoms in total. The van der Waals surface area contributed by atoms with E-state index in [1.165, 1.54) is 0 Å². The molecule has 0 saturated heterocycles. The van der Waals surface area contributed by atoms with Gasteiger partial charge in [0.05, 0.1) is 5.37 Å². The van der Waals surface area contributed by atoms with E-state index >= 15 is 0 Å². The number of thiol groups is 1. The monoisotopic (exact) mass is 145 g/mol. The number of hydrogen-bond acceptors (Lipinski definition) is 3. The normalized spacial score (nSPS) is 27.0. The van der Waals surface area contributed by atoms with Crippen LogP contribution >= 0.6 is 12.6 Å². The van der Waals surface area contributed by atoms with Crippen molar-refractivity contribution in [3.05, 3.63) is 11.8 Å².